The second kappa shape index (κ2) is 8.63. The molecule has 6 heteroatoms. The molecule has 0 spiro atoms. The normalized spacial score (nSPS) is 21.9. The zero-order chi connectivity index (χ0) is 19.3. The summed E-state index contributed by atoms with van der Waals surface area (Å²) in [4.78, 5) is 15.5. The van der Waals surface area contributed by atoms with E-state index in [1.165, 1.54) is 10.5 Å². The Hall–Kier alpha value is -2.57. The van der Waals surface area contributed by atoms with E-state index in [2.05, 4.69) is 35.6 Å². The molecule has 2 aliphatic rings. The number of carbonyl (C=O) groups excluding carboxylic acids is 1. The highest BCUT2D eigenvalue weighted by Gasteiger charge is 2.25. The van der Waals surface area contributed by atoms with Crippen LogP contribution in [-0.4, -0.2) is 45.4 Å². The smallest absolute Gasteiger partial charge is 0.275 e. The van der Waals surface area contributed by atoms with Gasteiger partial charge in [-0.15, -0.1) is 0 Å². The molecule has 2 aromatic carbocycles. The maximum atomic E-state index is 12.5. The summed E-state index contributed by atoms with van der Waals surface area (Å²) in [5, 5.41) is 3.12. The van der Waals surface area contributed by atoms with Gasteiger partial charge in [-0.1, -0.05) is 36.4 Å². The van der Waals surface area contributed by atoms with Crippen LogP contribution in [0.1, 0.15) is 24.1 Å². The first-order valence-corrected chi connectivity index (χ1v) is 10.1. The van der Waals surface area contributed by atoms with E-state index in [1.807, 2.05) is 25.1 Å². The Bertz CT molecular complexity index is 804. The van der Waals surface area contributed by atoms with Gasteiger partial charge in [0.2, 0.25) is 6.79 Å². The quantitative estimate of drug-likeness (QED) is 0.635. The zero-order valence-corrected chi connectivity index (χ0v) is 16.4. The van der Waals surface area contributed by atoms with Crippen molar-refractivity contribution in [2.24, 2.45) is 0 Å². The van der Waals surface area contributed by atoms with Crippen molar-refractivity contribution in [1.82, 2.24) is 5.32 Å². The lowest BCUT2D eigenvalue weighted by Gasteiger charge is -2.29. The van der Waals surface area contributed by atoms with Crippen molar-refractivity contribution in [3.8, 4) is 11.5 Å². The number of rotatable bonds is 6. The van der Waals surface area contributed by atoms with Gasteiger partial charge in [-0.2, -0.15) is 0 Å². The molecule has 0 aromatic heterocycles. The monoisotopic (exact) mass is 383 g/mol. The molecule has 6 nitrogen and oxygen atoms in total. The van der Waals surface area contributed by atoms with E-state index in [-0.39, 0.29) is 18.7 Å². The Morgan fingerprint density at radius 3 is 2.50 bits per heavy atom. The van der Waals surface area contributed by atoms with Crippen LogP contribution in [0.15, 0.2) is 48.5 Å². The number of nitrogens with one attached hydrogen (secondary N) is 3. The fourth-order valence-corrected chi connectivity index (χ4v) is 3.98. The number of carbonyl (C=O) groups is 1. The largest absolute Gasteiger partial charge is 0.454 e. The Balaban J connectivity index is 1.22. The molecule has 28 heavy (non-hydrogen) atoms. The Morgan fingerprint density at radius 2 is 1.71 bits per heavy atom. The minimum atomic E-state index is -0.0496. The first-order valence-electron chi connectivity index (χ1n) is 10.1. The summed E-state index contributed by atoms with van der Waals surface area (Å²) in [6.07, 6.45) is 0. The first-order chi connectivity index (χ1) is 13.7. The summed E-state index contributed by atoms with van der Waals surface area (Å²) < 4.78 is 10.8. The van der Waals surface area contributed by atoms with Crippen LogP contribution >= 0.6 is 0 Å². The number of ether oxygens (including phenoxy) is 2. The number of fused-ring (bicyclic) bond motifs is 1. The summed E-state index contributed by atoms with van der Waals surface area (Å²) in [5.41, 5.74) is 2.42. The van der Waals surface area contributed by atoms with Crippen LogP contribution in [0.3, 0.4) is 0 Å². The topological polar surface area (TPSA) is 56.4 Å². The number of amides is 1. The van der Waals surface area contributed by atoms with Gasteiger partial charge in [0.25, 0.3) is 5.91 Å². The van der Waals surface area contributed by atoms with E-state index >= 15 is 0 Å². The molecule has 1 atom stereocenters. The average Bonchev–Trinajstić information content (AvgIpc) is 3.18. The minimum absolute atomic E-state index is 0.0496. The summed E-state index contributed by atoms with van der Waals surface area (Å²) in [5.74, 6) is 1.62. The molecular weight excluding hydrogens is 354 g/mol. The van der Waals surface area contributed by atoms with Gasteiger partial charge in [-0.25, -0.2) is 0 Å². The van der Waals surface area contributed by atoms with E-state index < -0.39 is 0 Å². The molecular formula is C22H29N3O3+2. The van der Waals surface area contributed by atoms with Crippen LogP contribution in [0.25, 0.3) is 0 Å². The van der Waals surface area contributed by atoms with Crippen molar-refractivity contribution in [2.75, 3.05) is 39.5 Å². The molecule has 3 N–H and O–H groups in total. The van der Waals surface area contributed by atoms with Crippen LogP contribution in [0.4, 0.5) is 0 Å². The average molecular weight is 383 g/mol. The highest BCUT2D eigenvalue weighted by atomic mass is 16.7. The van der Waals surface area contributed by atoms with E-state index in [4.69, 9.17) is 9.47 Å². The molecule has 2 aliphatic heterocycles. The molecule has 0 unspecified atom stereocenters. The van der Waals surface area contributed by atoms with Crippen molar-refractivity contribution in [3.63, 3.8) is 0 Å². The number of benzene rings is 2. The fraction of sp³-hybridized carbons (Fsp3) is 0.409. The number of piperazine rings is 1. The predicted octanol–water partition coefficient (Wildman–Crippen LogP) is -0.424. The third-order valence-corrected chi connectivity index (χ3v) is 5.65. The molecule has 2 aromatic rings. The molecule has 1 saturated heterocycles. The van der Waals surface area contributed by atoms with Gasteiger partial charge in [0.15, 0.2) is 18.0 Å². The summed E-state index contributed by atoms with van der Waals surface area (Å²) in [7, 11) is 0. The highest BCUT2D eigenvalue weighted by Crippen LogP contribution is 2.34. The van der Waals surface area contributed by atoms with Crippen molar-refractivity contribution in [2.45, 2.75) is 19.5 Å². The van der Waals surface area contributed by atoms with E-state index in [0.29, 0.717) is 6.54 Å². The molecule has 0 saturated carbocycles. The Kier molecular flexibility index (Phi) is 5.78. The van der Waals surface area contributed by atoms with Crippen LogP contribution < -0.4 is 24.6 Å². The minimum Gasteiger partial charge on any atom is -0.454 e. The number of quaternary nitrogens is 2. The Labute approximate surface area is 166 Å². The van der Waals surface area contributed by atoms with Crippen LogP contribution in [0.2, 0.25) is 0 Å². The number of hydrogen-bond acceptors (Lipinski definition) is 3. The van der Waals surface area contributed by atoms with Gasteiger partial charge in [-0.3, -0.25) is 4.79 Å². The third-order valence-electron chi connectivity index (χ3n) is 5.65. The van der Waals surface area contributed by atoms with E-state index in [9.17, 15) is 4.79 Å². The lowest BCUT2D eigenvalue weighted by atomic mass is 10.1. The predicted molar refractivity (Wildman–Crippen MR) is 106 cm³/mol. The molecule has 4 rings (SSSR count). The van der Waals surface area contributed by atoms with Gasteiger partial charge in [0, 0.05) is 5.56 Å². The third kappa shape index (κ3) is 4.64. The van der Waals surface area contributed by atoms with Crippen molar-refractivity contribution in [1.29, 1.82) is 0 Å². The first kappa shape index (κ1) is 18.8. The second-order valence-electron chi connectivity index (χ2n) is 7.74. The fourth-order valence-electron chi connectivity index (χ4n) is 3.98. The summed E-state index contributed by atoms with van der Waals surface area (Å²) in [6, 6.07) is 16.4. The van der Waals surface area contributed by atoms with E-state index in [1.54, 1.807) is 4.90 Å². The van der Waals surface area contributed by atoms with Crippen molar-refractivity contribution >= 4 is 5.91 Å². The summed E-state index contributed by atoms with van der Waals surface area (Å²) >= 11 is 0. The number of hydrogen-bond donors (Lipinski definition) is 3. The van der Waals surface area contributed by atoms with Gasteiger partial charge in [0.05, 0.1) is 6.04 Å². The second-order valence-corrected chi connectivity index (χ2v) is 7.74. The molecule has 0 radical (unpaired) electrons. The van der Waals surface area contributed by atoms with Gasteiger partial charge in [0.1, 0.15) is 32.7 Å². The van der Waals surface area contributed by atoms with Crippen LogP contribution in [0, 0.1) is 0 Å². The van der Waals surface area contributed by atoms with Crippen molar-refractivity contribution in [3.05, 3.63) is 59.7 Å². The lowest BCUT2D eigenvalue weighted by molar-refractivity contribution is -1.02. The standard InChI is InChI=1S/C22H27N3O3/c1-17(19-7-8-20-21(13-19)28-16-27-20)23-22(26)15-25-11-9-24(10-12-25)14-18-5-3-2-4-6-18/h2-8,13,17H,9-12,14-16H2,1H3,(H,23,26)/p+2/t17-/m0/s1. The van der Waals surface area contributed by atoms with Gasteiger partial charge < -0.3 is 24.6 Å². The van der Waals surface area contributed by atoms with Crippen molar-refractivity contribution < 1.29 is 24.1 Å². The maximum absolute atomic E-state index is 12.5. The van der Waals surface area contributed by atoms with Crippen LogP contribution in [0.5, 0.6) is 11.5 Å². The molecule has 148 valence electrons. The summed E-state index contributed by atoms with van der Waals surface area (Å²) in [6.45, 7) is 8.16. The Morgan fingerprint density at radius 1 is 1.00 bits per heavy atom. The molecule has 1 amide bonds. The molecule has 2 heterocycles. The zero-order valence-electron chi connectivity index (χ0n) is 16.4. The lowest BCUT2D eigenvalue weighted by Crippen LogP contribution is -3.28. The van der Waals surface area contributed by atoms with Gasteiger partial charge in [-0.05, 0) is 24.6 Å². The molecule has 0 bridgehead atoms. The van der Waals surface area contributed by atoms with Crippen LogP contribution in [-0.2, 0) is 11.3 Å². The maximum Gasteiger partial charge on any atom is 0.275 e. The van der Waals surface area contributed by atoms with Gasteiger partial charge >= 0.3 is 0 Å². The SMILES string of the molecule is C[C@H](NC(=O)C[NH+]1CC[NH+](Cc2ccccc2)CC1)c1ccc2c(c1)OCO2. The van der Waals surface area contributed by atoms with E-state index in [0.717, 1.165) is 49.8 Å². The highest BCUT2D eigenvalue weighted by molar-refractivity contribution is 5.77. The molecule has 1 fully saturated rings. The molecule has 0 aliphatic carbocycles.